The van der Waals surface area contributed by atoms with Crippen molar-refractivity contribution in [3.63, 3.8) is 0 Å². The Bertz CT molecular complexity index is 2500. The van der Waals surface area contributed by atoms with Crippen LogP contribution < -0.4 is 31.5 Å². The van der Waals surface area contributed by atoms with E-state index in [1.807, 2.05) is 18.2 Å². The number of rotatable bonds is 14. The fourth-order valence-corrected chi connectivity index (χ4v) is 10.1. The van der Waals surface area contributed by atoms with Gasteiger partial charge >= 0.3 is 5.69 Å². The number of aromatic nitrogens is 3. The Morgan fingerprint density at radius 2 is 1.79 bits per heavy atom. The SMILES string of the molecule is CC[C@@H]1CC(=O)N[C@@H]1COc1ncc(C#C[C@H]2CC[C@@H](CN3CCC(OCCCc4cccc5c4n(C)c(=O)n5C4CCC(=O)NC4=O)CC3)CC2)c2cc(C(N)=O)c(OC)cc12. The summed E-state index contributed by atoms with van der Waals surface area (Å²) in [7, 11) is 3.23. The van der Waals surface area contributed by atoms with Crippen molar-refractivity contribution in [3.8, 4) is 23.5 Å². The normalized spacial score (nSPS) is 23.3. The summed E-state index contributed by atoms with van der Waals surface area (Å²) in [5, 5.41) is 6.78. The molecule has 3 atom stereocenters. The maximum Gasteiger partial charge on any atom is 0.329 e. The average Bonchev–Trinajstić information content (AvgIpc) is 3.78. The first kappa shape index (κ1) is 43.9. The standard InChI is InChI=1S/C48H59N7O8/c1-4-31-23-43(57)51-38(31)28-63-47-36-25-41(61-3)37(45(49)58)24-35(36)33(26-50-47)15-14-29-10-12-30(13-11-29)27-54-20-18-34(19-21-54)62-22-6-8-32-7-5-9-39-44(32)53(2)48(60)55(39)40-16-17-42(56)52-46(40)59/h5,7,9,24-26,29-31,34,38,40H,4,6,8,10-13,16-23,27-28H2,1-3H3,(H2,49,58)(H,51,57)(H,52,56,59)/t29-,30+,31-,38-,40?/m1/s1. The molecular weight excluding hydrogens is 803 g/mol. The quantitative estimate of drug-likeness (QED) is 0.0923. The molecule has 4 aromatic rings. The number of carbonyl (C=O) groups excluding carboxylic acids is 4. The van der Waals surface area contributed by atoms with E-state index >= 15 is 0 Å². The third-order valence-electron chi connectivity index (χ3n) is 13.7. The van der Waals surface area contributed by atoms with E-state index in [2.05, 4.69) is 39.3 Å². The van der Waals surface area contributed by atoms with Crippen LogP contribution in [-0.2, 0) is 32.6 Å². The number of pyridine rings is 1. The summed E-state index contributed by atoms with van der Waals surface area (Å²) in [5.41, 5.74) is 9.03. The van der Waals surface area contributed by atoms with Crippen molar-refractivity contribution >= 4 is 45.4 Å². The molecule has 2 aromatic heterocycles. The largest absolute Gasteiger partial charge is 0.496 e. The number of methoxy groups -OCH3 is 1. The molecule has 4 fully saturated rings. The number of nitrogens with one attached hydrogen (secondary N) is 2. The lowest BCUT2D eigenvalue weighted by atomic mass is 9.81. The van der Waals surface area contributed by atoms with Gasteiger partial charge in [0.05, 0.1) is 41.4 Å². The van der Waals surface area contributed by atoms with Crippen LogP contribution in [0, 0.1) is 29.6 Å². The molecule has 0 spiro atoms. The molecule has 8 rings (SSSR count). The van der Waals surface area contributed by atoms with Crippen LogP contribution in [0.3, 0.4) is 0 Å². The van der Waals surface area contributed by atoms with Gasteiger partial charge in [0.2, 0.25) is 23.6 Å². The number of nitrogens with zero attached hydrogens (tertiary/aromatic N) is 4. The van der Waals surface area contributed by atoms with Crippen molar-refractivity contribution in [3.05, 3.63) is 63.7 Å². The first-order chi connectivity index (χ1) is 30.5. The third-order valence-corrected chi connectivity index (χ3v) is 13.7. The van der Waals surface area contributed by atoms with Crippen LogP contribution in [0.4, 0.5) is 0 Å². The second kappa shape index (κ2) is 19.3. The molecule has 15 heteroatoms. The zero-order valence-corrected chi connectivity index (χ0v) is 36.6. The van der Waals surface area contributed by atoms with Crippen LogP contribution in [-0.4, -0.2) is 94.8 Å². The maximum atomic E-state index is 13.3. The number of amides is 4. The topological polar surface area (TPSA) is 189 Å². The zero-order valence-electron chi connectivity index (χ0n) is 36.6. The average molecular weight is 862 g/mol. The predicted molar refractivity (Wildman–Crippen MR) is 237 cm³/mol. The summed E-state index contributed by atoms with van der Waals surface area (Å²) in [6, 6.07) is 8.48. The van der Waals surface area contributed by atoms with Gasteiger partial charge in [-0.25, -0.2) is 9.78 Å². The van der Waals surface area contributed by atoms with Crippen LogP contribution in [0.2, 0.25) is 0 Å². The molecule has 4 amide bonds. The van der Waals surface area contributed by atoms with Gasteiger partial charge in [0, 0.05) is 69.0 Å². The molecule has 4 N–H and O–H groups in total. The van der Waals surface area contributed by atoms with Gasteiger partial charge in [-0.15, -0.1) is 0 Å². The van der Waals surface area contributed by atoms with Crippen LogP contribution in [0.5, 0.6) is 11.6 Å². The van der Waals surface area contributed by atoms with E-state index in [4.69, 9.17) is 19.9 Å². The molecule has 2 aromatic carbocycles. The Hall–Kier alpha value is -5.72. The monoisotopic (exact) mass is 861 g/mol. The minimum absolute atomic E-state index is 0.0306. The Kier molecular flexibility index (Phi) is 13.5. The second-order valence-corrected chi connectivity index (χ2v) is 17.7. The number of hydrogen-bond donors (Lipinski definition) is 3. The summed E-state index contributed by atoms with van der Waals surface area (Å²) >= 11 is 0. The number of para-hydroxylation sites is 1. The van der Waals surface area contributed by atoms with E-state index in [0.29, 0.717) is 53.5 Å². The maximum absolute atomic E-state index is 13.3. The number of piperidine rings is 2. The minimum atomic E-state index is -0.698. The second-order valence-electron chi connectivity index (χ2n) is 17.7. The Labute approximate surface area is 367 Å². The molecule has 1 aliphatic carbocycles. The number of primary amides is 1. The number of hydrogen-bond acceptors (Lipinski definition) is 10. The number of carbonyl (C=O) groups is 4. The predicted octanol–water partition coefficient (Wildman–Crippen LogP) is 4.54. The van der Waals surface area contributed by atoms with E-state index in [0.717, 1.165) is 93.9 Å². The van der Waals surface area contributed by atoms with Gasteiger partial charge in [-0.3, -0.25) is 33.6 Å². The third kappa shape index (κ3) is 9.62. The number of nitrogens with two attached hydrogens (primary N) is 1. The molecule has 1 saturated carbocycles. The number of imide groups is 1. The van der Waals surface area contributed by atoms with Gasteiger partial charge in [0.15, 0.2) is 0 Å². The molecule has 3 saturated heterocycles. The summed E-state index contributed by atoms with van der Waals surface area (Å²) < 4.78 is 21.2. The Morgan fingerprint density at radius 1 is 1.00 bits per heavy atom. The van der Waals surface area contributed by atoms with Crippen molar-refractivity contribution in [2.45, 2.75) is 102 Å². The molecule has 5 heterocycles. The van der Waals surface area contributed by atoms with Crippen molar-refractivity contribution in [1.29, 1.82) is 0 Å². The highest BCUT2D eigenvalue weighted by atomic mass is 16.5. The van der Waals surface area contributed by atoms with Gasteiger partial charge in [-0.2, -0.15) is 0 Å². The van der Waals surface area contributed by atoms with Crippen molar-refractivity contribution in [2.75, 3.05) is 40.0 Å². The first-order valence-electron chi connectivity index (χ1n) is 22.6. The van der Waals surface area contributed by atoms with Crippen LogP contribution in [0.25, 0.3) is 21.8 Å². The first-order valence-corrected chi connectivity index (χ1v) is 22.6. The number of benzene rings is 2. The molecule has 63 heavy (non-hydrogen) atoms. The number of aryl methyl sites for hydroxylation is 2. The lowest BCUT2D eigenvalue weighted by molar-refractivity contribution is -0.135. The fourth-order valence-electron chi connectivity index (χ4n) is 10.1. The van der Waals surface area contributed by atoms with Gasteiger partial charge in [-0.1, -0.05) is 37.3 Å². The molecule has 0 radical (unpaired) electrons. The number of ether oxygens (including phenoxy) is 3. The van der Waals surface area contributed by atoms with Gasteiger partial charge in [-0.05, 0) is 93.4 Å². The summed E-state index contributed by atoms with van der Waals surface area (Å²) in [5.74, 6) is 7.42. The van der Waals surface area contributed by atoms with E-state index in [9.17, 15) is 24.0 Å². The minimum Gasteiger partial charge on any atom is -0.496 e. The molecule has 4 aliphatic rings. The lowest BCUT2D eigenvalue weighted by Gasteiger charge is -2.36. The number of likely N-dealkylation sites (tertiary alicyclic amines) is 1. The highest BCUT2D eigenvalue weighted by Gasteiger charge is 2.33. The van der Waals surface area contributed by atoms with Crippen LogP contribution in [0.1, 0.15) is 105 Å². The highest BCUT2D eigenvalue weighted by Crippen LogP contribution is 2.35. The van der Waals surface area contributed by atoms with E-state index in [-0.39, 0.29) is 60.1 Å². The lowest BCUT2D eigenvalue weighted by Crippen LogP contribution is -2.44. The molecule has 3 aliphatic heterocycles. The molecule has 15 nitrogen and oxygen atoms in total. The van der Waals surface area contributed by atoms with Crippen LogP contribution >= 0.6 is 0 Å². The van der Waals surface area contributed by atoms with Gasteiger partial charge in [0.25, 0.3) is 5.91 Å². The fraction of sp³-hybridized carbons (Fsp3) is 0.542. The van der Waals surface area contributed by atoms with E-state index in [1.165, 1.54) is 11.7 Å². The summed E-state index contributed by atoms with van der Waals surface area (Å²) in [4.78, 5) is 69.3. The van der Waals surface area contributed by atoms with Gasteiger partial charge < -0.3 is 30.2 Å². The van der Waals surface area contributed by atoms with E-state index in [1.54, 1.807) is 29.9 Å². The number of imidazole rings is 1. The molecular formula is C48H59N7O8. The highest BCUT2D eigenvalue weighted by molar-refractivity contribution is 6.03. The molecule has 0 bridgehead atoms. The van der Waals surface area contributed by atoms with Crippen molar-refractivity contribution in [2.24, 2.45) is 30.5 Å². The summed E-state index contributed by atoms with van der Waals surface area (Å²) in [6.45, 7) is 6.12. The molecule has 334 valence electrons. The van der Waals surface area contributed by atoms with Gasteiger partial charge in [0.1, 0.15) is 18.4 Å². The van der Waals surface area contributed by atoms with Crippen molar-refractivity contribution < 1.29 is 33.4 Å². The van der Waals surface area contributed by atoms with E-state index < -0.39 is 17.9 Å². The van der Waals surface area contributed by atoms with Crippen LogP contribution in [0.15, 0.2) is 41.3 Å². The summed E-state index contributed by atoms with van der Waals surface area (Å²) in [6.07, 6.45) is 11.7. The molecule has 1 unspecified atom stereocenters. The zero-order chi connectivity index (χ0) is 44.2. The Morgan fingerprint density at radius 3 is 2.52 bits per heavy atom. The Balaban J connectivity index is 0.806. The van der Waals surface area contributed by atoms with Crippen molar-refractivity contribution in [1.82, 2.24) is 29.7 Å². The smallest absolute Gasteiger partial charge is 0.329 e. The number of fused-ring (bicyclic) bond motifs is 2.